The number of pyridine rings is 1. The van der Waals surface area contributed by atoms with Gasteiger partial charge in [0.15, 0.2) is 0 Å². The Morgan fingerprint density at radius 2 is 1.83 bits per heavy atom. The predicted molar refractivity (Wildman–Crippen MR) is 94.7 cm³/mol. The highest BCUT2D eigenvalue weighted by Crippen LogP contribution is 2.24. The topological polar surface area (TPSA) is 57.7 Å². The lowest BCUT2D eigenvalue weighted by Crippen LogP contribution is -2.50. The van der Waals surface area contributed by atoms with Gasteiger partial charge in [0, 0.05) is 44.3 Å². The van der Waals surface area contributed by atoms with Gasteiger partial charge in [-0.05, 0) is 31.2 Å². The zero-order valence-electron chi connectivity index (χ0n) is 13.8. The average Bonchev–Trinajstić information content (AvgIpc) is 2.64. The molecule has 126 valence electrons. The number of rotatable bonds is 4. The summed E-state index contributed by atoms with van der Waals surface area (Å²) in [6.45, 7) is 5.49. The maximum absolute atomic E-state index is 12.5. The number of hydrogen-bond acceptors (Lipinski definition) is 4. The van der Waals surface area contributed by atoms with Crippen LogP contribution in [-0.4, -0.2) is 48.7 Å². The molecule has 0 radical (unpaired) electrons. The van der Waals surface area contributed by atoms with E-state index in [0.29, 0.717) is 31.1 Å². The minimum atomic E-state index is -0.0865. The number of para-hydroxylation sites is 2. The summed E-state index contributed by atoms with van der Waals surface area (Å²) in [6.07, 6.45) is 3.58. The van der Waals surface area contributed by atoms with Crippen molar-refractivity contribution in [3.05, 3.63) is 48.8 Å². The Bertz CT molecular complexity index is 670. The molecule has 1 aromatic carbocycles. The SMILES string of the molecule is CCOc1ccccc1NC(=O)N1CCN(c2ccncc2)CC1. The van der Waals surface area contributed by atoms with E-state index in [-0.39, 0.29) is 6.03 Å². The number of nitrogens with zero attached hydrogens (tertiary/aromatic N) is 3. The normalized spacial score (nSPS) is 14.4. The monoisotopic (exact) mass is 326 g/mol. The summed E-state index contributed by atoms with van der Waals surface area (Å²) < 4.78 is 5.55. The Hall–Kier alpha value is -2.76. The van der Waals surface area contributed by atoms with E-state index in [9.17, 15) is 4.79 Å². The van der Waals surface area contributed by atoms with Crippen LogP contribution in [0.4, 0.5) is 16.2 Å². The van der Waals surface area contributed by atoms with Crippen molar-refractivity contribution in [2.45, 2.75) is 6.92 Å². The Morgan fingerprint density at radius 3 is 2.54 bits per heavy atom. The first kappa shape index (κ1) is 16.1. The first-order valence-corrected chi connectivity index (χ1v) is 8.20. The lowest BCUT2D eigenvalue weighted by atomic mass is 10.2. The van der Waals surface area contributed by atoms with Gasteiger partial charge in [-0.1, -0.05) is 12.1 Å². The van der Waals surface area contributed by atoms with Gasteiger partial charge in [0.25, 0.3) is 0 Å². The lowest BCUT2D eigenvalue weighted by molar-refractivity contribution is 0.208. The number of carbonyl (C=O) groups excluding carboxylic acids is 1. The lowest BCUT2D eigenvalue weighted by Gasteiger charge is -2.36. The number of ether oxygens (including phenoxy) is 1. The third-order valence-corrected chi connectivity index (χ3v) is 4.02. The summed E-state index contributed by atoms with van der Waals surface area (Å²) in [4.78, 5) is 20.6. The fourth-order valence-corrected chi connectivity index (χ4v) is 2.77. The fourth-order valence-electron chi connectivity index (χ4n) is 2.77. The molecule has 24 heavy (non-hydrogen) atoms. The molecule has 0 saturated carbocycles. The fraction of sp³-hybridized carbons (Fsp3) is 0.333. The van der Waals surface area contributed by atoms with Crippen LogP contribution in [-0.2, 0) is 0 Å². The first-order valence-electron chi connectivity index (χ1n) is 8.20. The molecule has 1 saturated heterocycles. The van der Waals surface area contributed by atoms with Gasteiger partial charge in [-0.25, -0.2) is 4.79 Å². The number of aromatic nitrogens is 1. The molecule has 2 amide bonds. The summed E-state index contributed by atoms with van der Waals surface area (Å²) in [5.41, 5.74) is 1.85. The van der Waals surface area contributed by atoms with Gasteiger partial charge in [0.1, 0.15) is 5.75 Å². The average molecular weight is 326 g/mol. The summed E-state index contributed by atoms with van der Waals surface area (Å²) in [5, 5.41) is 2.95. The van der Waals surface area contributed by atoms with Crippen molar-refractivity contribution in [2.24, 2.45) is 0 Å². The quantitative estimate of drug-likeness (QED) is 0.939. The second-order valence-electron chi connectivity index (χ2n) is 5.54. The molecule has 0 atom stereocenters. The largest absolute Gasteiger partial charge is 0.492 e. The molecule has 2 heterocycles. The van der Waals surface area contributed by atoms with Crippen molar-refractivity contribution in [2.75, 3.05) is 43.0 Å². The second kappa shape index (κ2) is 7.68. The van der Waals surface area contributed by atoms with Crippen molar-refractivity contribution in [1.29, 1.82) is 0 Å². The number of amides is 2. The van der Waals surface area contributed by atoms with Crippen LogP contribution in [0.3, 0.4) is 0 Å². The molecule has 1 aromatic heterocycles. The summed E-state index contributed by atoms with van der Waals surface area (Å²) >= 11 is 0. The number of anilines is 2. The van der Waals surface area contributed by atoms with E-state index in [1.807, 2.05) is 48.2 Å². The van der Waals surface area contributed by atoms with E-state index < -0.39 is 0 Å². The van der Waals surface area contributed by atoms with E-state index in [4.69, 9.17) is 4.74 Å². The predicted octanol–water partition coefficient (Wildman–Crippen LogP) is 2.83. The molecule has 6 heteroatoms. The molecule has 1 aliphatic heterocycles. The molecule has 0 bridgehead atoms. The Kier molecular flexibility index (Phi) is 5.15. The number of nitrogens with one attached hydrogen (secondary N) is 1. The molecule has 1 fully saturated rings. The van der Waals surface area contributed by atoms with Crippen LogP contribution in [0.15, 0.2) is 48.8 Å². The molecular weight excluding hydrogens is 304 g/mol. The van der Waals surface area contributed by atoms with Crippen LogP contribution in [0.5, 0.6) is 5.75 Å². The van der Waals surface area contributed by atoms with E-state index in [1.54, 1.807) is 12.4 Å². The van der Waals surface area contributed by atoms with Crippen molar-refractivity contribution >= 4 is 17.4 Å². The molecule has 0 aliphatic carbocycles. The molecule has 1 N–H and O–H groups in total. The van der Waals surface area contributed by atoms with E-state index in [1.165, 1.54) is 0 Å². The zero-order chi connectivity index (χ0) is 16.8. The molecule has 3 rings (SSSR count). The van der Waals surface area contributed by atoms with E-state index in [0.717, 1.165) is 18.8 Å². The maximum Gasteiger partial charge on any atom is 0.322 e. The summed E-state index contributed by atoms with van der Waals surface area (Å²) in [6, 6.07) is 11.4. The Labute approximate surface area is 142 Å². The highest BCUT2D eigenvalue weighted by Gasteiger charge is 2.22. The van der Waals surface area contributed by atoms with Crippen molar-refractivity contribution in [3.63, 3.8) is 0 Å². The number of piperazine rings is 1. The van der Waals surface area contributed by atoms with Gasteiger partial charge < -0.3 is 19.9 Å². The Morgan fingerprint density at radius 1 is 1.12 bits per heavy atom. The van der Waals surface area contributed by atoms with Gasteiger partial charge in [-0.3, -0.25) is 4.98 Å². The number of benzene rings is 1. The molecule has 0 unspecified atom stereocenters. The number of urea groups is 1. The van der Waals surface area contributed by atoms with Crippen LogP contribution < -0.4 is 15.0 Å². The summed E-state index contributed by atoms with van der Waals surface area (Å²) in [7, 11) is 0. The van der Waals surface area contributed by atoms with Crippen LogP contribution in [0.1, 0.15) is 6.92 Å². The van der Waals surface area contributed by atoms with Gasteiger partial charge in [-0.15, -0.1) is 0 Å². The Balaban J connectivity index is 1.58. The molecular formula is C18H22N4O2. The van der Waals surface area contributed by atoms with Crippen LogP contribution in [0.25, 0.3) is 0 Å². The van der Waals surface area contributed by atoms with Crippen molar-refractivity contribution < 1.29 is 9.53 Å². The van der Waals surface area contributed by atoms with Crippen molar-refractivity contribution in [1.82, 2.24) is 9.88 Å². The smallest absolute Gasteiger partial charge is 0.322 e. The molecule has 1 aliphatic rings. The highest BCUT2D eigenvalue weighted by atomic mass is 16.5. The minimum absolute atomic E-state index is 0.0865. The second-order valence-corrected chi connectivity index (χ2v) is 5.54. The van der Waals surface area contributed by atoms with Gasteiger partial charge >= 0.3 is 6.03 Å². The highest BCUT2D eigenvalue weighted by molar-refractivity contribution is 5.91. The zero-order valence-corrected chi connectivity index (χ0v) is 13.8. The third-order valence-electron chi connectivity index (χ3n) is 4.02. The van der Waals surface area contributed by atoms with Crippen molar-refractivity contribution in [3.8, 4) is 5.75 Å². The van der Waals surface area contributed by atoms with Gasteiger partial charge in [-0.2, -0.15) is 0 Å². The van der Waals surface area contributed by atoms with Crippen LogP contribution in [0.2, 0.25) is 0 Å². The van der Waals surface area contributed by atoms with Gasteiger partial charge in [0.05, 0.1) is 12.3 Å². The van der Waals surface area contributed by atoms with Crippen LogP contribution in [0, 0.1) is 0 Å². The standard InChI is InChI=1S/C18H22N4O2/c1-2-24-17-6-4-3-5-16(17)20-18(23)22-13-11-21(12-14-22)15-7-9-19-10-8-15/h3-10H,2,11-14H2,1H3,(H,20,23). The number of carbonyl (C=O) groups is 1. The molecule has 6 nitrogen and oxygen atoms in total. The van der Waals surface area contributed by atoms with E-state index >= 15 is 0 Å². The third kappa shape index (κ3) is 3.76. The van der Waals surface area contributed by atoms with E-state index in [2.05, 4.69) is 15.2 Å². The minimum Gasteiger partial charge on any atom is -0.492 e. The molecule has 2 aromatic rings. The van der Waals surface area contributed by atoms with Gasteiger partial charge in [0.2, 0.25) is 0 Å². The van der Waals surface area contributed by atoms with Crippen LogP contribution >= 0.6 is 0 Å². The number of hydrogen-bond donors (Lipinski definition) is 1. The summed E-state index contributed by atoms with van der Waals surface area (Å²) in [5.74, 6) is 0.698. The first-order chi connectivity index (χ1) is 11.8. The maximum atomic E-state index is 12.5. The molecule has 0 spiro atoms.